The number of rotatable bonds is 5. The summed E-state index contributed by atoms with van der Waals surface area (Å²) in [6, 6.07) is 26.5. The second-order valence-corrected chi connectivity index (χ2v) is 8.87. The van der Waals surface area contributed by atoms with Crippen molar-refractivity contribution in [2.75, 3.05) is 18.5 Å². The van der Waals surface area contributed by atoms with E-state index >= 15 is 0 Å². The van der Waals surface area contributed by atoms with Crippen molar-refractivity contribution in [1.82, 2.24) is 9.97 Å². The van der Waals surface area contributed by atoms with Crippen molar-refractivity contribution >= 4 is 16.7 Å². The molecule has 1 aliphatic rings. The minimum Gasteiger partial charge on any atom is -0.486 e. The molecule has 5 aromatic rings. The normalized spacial score (nSPS) is 12.9. The van der Waals surface area contributed by atoms with Crippen LogP contribution in [0.15, 0.2) is 91.0 Å². The van der Waals surface area contributed by atoms with Gasteiger partial charge in [-0.25, -0.2) is 9.97 Å². The summed E-state index contributed by atoms with van der Waals surface area (Å²) >= 11 is 0. The summed E-state index contributed by atoms with van der Waals surface area (Å²) in [5.74, 6) is 1.97. The number of nitrogens with zero attached hydrogens (tertiary/aromatic N) is 2. The smallest absolute Gasteiger partial charge is 0.417 e. The molecule has 0 amide bonds. The van der Waals surface area contributed by atoms with Gasteiger partial charge in [-0.15, -0.1) is 0 Å². The third kappa shape index (κ3) is 4.72. The number of nitrogens with one attached hydrogen (secondary N) is 1. The van der Waals surface area contributed by atoms with Gasteiger partial charge in [-0.3, -0.25) is 0 Å². The highest BCUT2D eigenvalue weighted by atomic mass is 19.4. The lowest BCUT2D eigenvalue weighted by atomic mass is 10.0. The minimum atomic E-state index is -4.52. The molecule has 38 heavy (non-hydrogen) atoms. The minimum absolute atomic E-state index is 0.0214. The molecule has 1 N–H and O–H groups in total. The highest BCUT2D eigenvalue weighted by molar-refractivity contribution is 5.90. The summed E-state index contributed by atoms with van der Waals surface area (Å²) in [4.78, 5) is 8.96. The highest BCUT2D eigenvalue weighted by Gasteiger charge is 2.34. The van der Waals surface area contributed by atoms with Gasteiger partial charge in [0.15, 0.2) is 17.3 Å². The van der Waals surface area contributed by atoms with Crippen LogP contribution in [0, 0.1) is 0 Å². The molecule has 1 aromatic heterocycles. The van der Waals surface area contributed by atoms with Gasteiger partial charge in [0.1, 0.15) is 19.0 Å². The zero-order chi connectivity index (χ0) is 26.1. The van der Waals surface area contributed by atoms with E-state index in [1.807, 2.05) is 54.6 Å². The number of fused-ring (bicyclic) bond motifs is 2. The van der Waals surface area contributed by atoms with Crippen LogP contribution < -0.4 is 14.8 Å². The number of aromatic nitrogens is 2. The van der Waals surface area contributed by atoms with Gasteiger partial charge >= 0.3 is 6.18 Å². The molecule has 2 heterocycles. The molecule has 0 saturated carbocycles. The second-order valence-electron chi connectivity index (χ2n) is 8.87. The van der Waals surface area contributed by atoms with Crippen molar-refractivity contribution in [3.05, 3.63) is 102 Å². The molecule has 4 aromatic carbocycles. The van der Waals surface area contributed by atoms with E-state index in [4.69, 9.17) is 9.47 Å². The van der Waals surface area contributed by atoms with Crippen molar-refractivity contribution in [2.45, 2.75) is 12.7 Å². The molecule has 0 radical (unpaired) electrons. The van der Waals surface area contributed by atoms with E-state index in [0.717, 1.165) is 39.6 Å². The first-order valence-electron chi connectivity index (χ1n) is 12.1. The average Bonchev–Trinajstić information content (AvgIpc) is 2.95. The van der Waals surface area contributed by atoms with Gasteiger partial charge in [0.25, 0.3) is 0 Å². The molecule has 1 aliphatic heterocycles. The number of alkyl halides is 3. The third-order valence-electron chi connectivity index (χ3n) is 6.37. The number of anilines is 1. The maximum atomic E-state index is 13.7. The van der Waals surface area contributed by atoms with Gasteiger partial charge in [-0.1, -0.05) is 60.7 Å². The molecule has 0 unspecified atom stereocenters. The van der Waals surface area contributed by atoms with Crippen molar-refractivity contribution in [2.24, 2.45) is 0 Å². The molecule has 8 heteroatoms. The van der Waals surface area contributed by atoms with Crippen LogP contribution in [0.5, 0.6) is 11.5 Å². The predicted octanol–water partition coefficient (Wildman–Crippen LogP) is 7.37. The topological polar surface area (TPSA) is 56.3 Å². The van der Waals surface area contributed by atoms with Gasteiger partial charge in [-0.05, 0) is 47.0 Å². The van der Waals surface area contributed by atoms with E-state index in [2.05, 4.69) is 15.3 Å². The molecule has 190 valence electrons. The first-order valence-corrected chi connectivity index (χ1v) is 12.1. The lowest BCUT2D eigenvalue weighted by molar-refractivity contribution is -0.137. The Kier molecular flexibility index (Phi) is 6.07. The summed E-state index contributed by atoms with van der Waals surface area (Å²) in [6.45, 7) is 1.51. The second kappa shape index (κ2) is 9.70. The van der Waals surface area contributed by atoms with Gasteiger partial charge in [0.2, 0.25) is 0 Å². The molecule has 0 aliphatic carbocycles. The fraction of sp³-hybridized carbons (Fsp3) is 0.133. The largest absolute Gasteiger partial charge is 0.486 e. The number of para-hydroxylation sites is 1. The lowest BCUT2D eigenvalue weighted by Crippen LogP contribution is -2.15. The van der Waals surface area contributed by atoms with Gasteiger partial charge in [-0.2, -0.15) is 13.2 Å². The molecule has 0 atom stereocenters. The number of hydrogen-bond acceptors (Lipinski definition) is 5. The van der Waals surface area contributed by atoms with Crippen LogP contribution in [0.2, 0.25) is 0 Å². The zero-order valence-corrected chi connectivity index (χ0v) is 20.1. The summed E-state index contributed by atoms with van der Waals surface area (Å²) in [5, 5.41) is 4.03. The van der Waals surface area contributed by atoms with E-state index in [0.29, 0.717) is 31.1 Å². The van der Waals surface area contributed by atoms with Crippen molar-refractivity contribution in [1.29, 1.82) is 0 Å². The number of hydrogen-bond donors (Lipinski definition) is 1. The quantitative estimate of drug-likeness (QED) is 0.266. The molecule has 0 fully saturated rings. The van der Waals surface area contributed by atoms with Gasteiger partial charge in [0, 0.05) is 17.5 Å². The fourth-order valence-corrected chi connectivity index (χ4v) is 4.48. The van der Waals surface area contributed by atoms with E-state index in [-0.39, 0.29) is 11.4 Å². The van der Waals surface area contributed by atoms with Crippen LogP contribution in [0.25, 0.3) is 33.4 Å². The van der Waals surface area contributed by atoms with Crippen LogP contribution >= 0.6 is 0 Å². The van der Waals surface area contributed by atoms with E-state index in [1.54, 1.807) is 18.2 Å². The first kappa shape index (κ1) is 23.8. The number of halogens is 3. The molecule has 0 spiro atoms. The summed E-state index contributed by atoms with van der Waals surface area (Å²) in [7, 11) is 0. The van der Waals surface area contributed by atoms with Crippen LogP contribution in [0.3, 0.4) is 0 Å². The third-order valence-corrected chi connectivity index (χ3v) is 6.37. The number of ether oxygens (including phenoxy) is 2. The zero-order valence-electron chi connectivity index (χ0n) is 20.1. The average molecular weight is 514 g/mol. The fourth-order valence-electron chi connectivity index (χ4n) is 4.48. The Morgan fingerprint density at radius 2 is 1.45 bits per heavy atom. The maximum Gasteiger partial charge on any atom is 0.417 e. The molecular weight excluding hydrogens is 491 g/mol. The predicted molar refractivity (Wildman–Crippen MR) is 140 cm³/mol. The Hall–Kier alpha value is -4.59. The van der Waals surface area contributed by atoms with Crippen LogP contribution in [0.4, 0.5) is 19.0 Å². The van der Waals surface area contributed by atoms with Gasteiger partial charge in [0.05, 0.1) is 11.1 Å². The van der Waals surface area contributed by atoms with Crippen molar-refractivity contribution in [3.63, 3.8) is 0 Å². The standard InChI is InChI=1S/C30H22F3N3O2/c31-30(32,33)24-7-3-1-5-22(24)29-35-25-8-4-2-6-23(25)28(36-29)34-18-19-9-11-20(12-10-19)21-13-14-26-27(17-21)38-16-15-37-26/h1-14,17H,15-16,18H2,(H,34,35,36). The van der Waals surface area contributed by atoms with E-state index in [9.17, 15) is 13.2 Å². The molecule has 0 saturated heterocycles. The van der Waals surface area contributed by atoms with Crippen molar-refractivity contribution in [3.8, 4) is 34.0 Å². The molecule has 6 rings (SSSR count). The number of benzene rings is 4. The molecule has 0 bridgehead atoms. The maximum absolute atomic E-state index is 13.7. The van der Waals surface area contributed by atoms with Crippen LogP contribution in [-0.4, -0.2) is 23.2 Å². The Balaban J connectivity index is 1.28. The van der Waals surface area contributed by atoms with Crippen LogP contribution in [-0.2, 0) is 12.7 Å². The summed E-state index contributed by atoms with van der Waals surface area (Å²) in [6.07, 6.45) is -4.52. The monoisotopic (exact) mass is 513 g/mol. The lowest BCUT2D eigenvalue weighted by Gasteiger charge is -2.19. The van der Waals surface area contributed by atoms with Crippen molar-refractivity contribution < 1.29 is 22.6 Å². The summed E-state index contributed by atoms with van der Waals surface area (Å²) < 4.78 is 52.3. The Bertz CT molecular complexity index is 1620. The first-order chi connectivity index (χ1) is 18.5. The summed E-state index contributed by atoms with van der Waals surface area (Å²) in [5.41, 5.74) is 2.78. The van der Waals surface area contributed by atoms with Gasteiger partial charge < -0.3 is 14.8 Å². The Labute approximate surface area is 216 Å². The van der Waals surface area contributed by atoms with E-state index < -0.39 is 11.7 Å². The Morgan fingerprint density at radius 3 is 2.26 bits per heavy atom. The van der Waals surface area contributed by atoms with Crippen LogP contribution in [0.1, 0.15) is 11.1 Å². The molecule has 5 nitrogen and oxygen atoms in total. The molecular formula is C30H22F3N3O2. The SMILES string of the molecule is FC(F)(F)c1ccccc1-c1nc(NCc2ccc(-c3ccc4c(c3)OCCO4)cc2)c2ccccc2n1. The van der Waals surface area contributed by atoms with E-state index in [1.165, 1.54) is 12.1 Å². The Morgan fingerprint density at radius 1 is 0.737 bits per heavy atom. The highest BCUT2D eigenvalue weighted by Crippen LogP contribution is 2.37.